The van der Waals surface area contributed by atoms with Gasteiger partial charge in [0.2, 0.25) is 0 Å². The second-order valence-electron chi connectivity index (χ2n) is 8.06. The normalized spacial score (nSPS) is 19.9. The number of piperidine rings is 1. The third-order valence-corrected chi connectivity index (χ3v) is 6.09. The zero-order valence-corrected chi connectivity index (χ0v) is 20.0. The first-order valence-electron chi connectivity index (χ1n) is 10.9. The SMILES string of the molecule is CCNC(=NCCc1ccncc1C)NC1CCN(C2CCCCC2)CC1.I. The number of guanidine groups is 1. The third-order valence-electron chi connectivity index (χ3n) is 6.09. The lowest BCUT2D eigenvalue weighted by Gasteiger charge is -2.39. The number of halogens is 1. The van der Waals surface area contributed by atoms with E-state index in [1.54, 1.807) is 0 Å². The molecule has 158 valence electrons. The van der Waals surface area contributed by atoms with Gasteiger partial charge in [-0.2, -0.15) is 0 Å². The minimum atomic E-state index is 0. The quantitative estimate of drug-likeness (QED) is 0.354. The summed E-state index contributed by atoms with van der Waals surface area (Å²) in [6.07, 6.45) is 14.3. The van der Waals surface area contributed by atoms with Gasteiger partial charge in [-0.15, -0.1) is 24.0 Å². The van der Waals surface area contributed by atoms with E-state index < -0.39 is 0 Å². The molecule has 0 atom stereocenters. The van der Waals surface area contributed by atoms with Gasteiger partial charge in [0.05, 0.1) is 0 Å². The Morgan fingerprint density at radius 1 is 1.18 bits per heavy atom. The lowest BCUT2D eigenvalue weighted by Crippen LogP contribution is -2.51. The molecule has 0 bridgehead atoms. The molecular weight excluding hydrogens is 461 g/mol. The van der Waals surface area contributed by atoms with Gasteiger partial charge in [-0.1, -0.05) is 19.3 Å². The fourth-order valence-corrected chi connectivity index (χ4v) is 4.44. The van der Waals surface area contributed by atoms with E-state index in [0.29, 0.717) is 6.04 Å². The highest BCUT2D eigenvalue weighted by atomic mass is 127. The first-order valence-corrected chi connectivity index (χ1v) is 10.9. The van der Waals surface area contributed by atoms with E-state index in [2.05, 4.69) is 40.4 Å². The summed E-state index contributed by atoms with van der Waals surface area (Å²) in [6, 6.07) is 3.50. The Morgan fingerprint density at radius 2 is 1.93 bits per heavy atom. The van der Waals surface area contributed by atoms with Gasteiger partial charge in [0.15, 0.2) is 5.96 Å². The summed E-state index contributed by atoms with van der Waals surface area (Å²) in [5, 5.41) is 7.10. The van der Waals surface area contributed by atoms with Crippen LogP contribution in [-0.2, 0) is 6.42 Å². The van der Waals surface area contributed by atoms with Crippen LogP contribution in [0.1, 0.15) is 63.0 Å². The molecule has 1 aromatic heterocycles. The molecule has 1 aliphatic heterocycles. The molecule has 0 radical (unpaired) electrons. The number of rotatable bonds is 6. The predicted octanol–water partition coefficient (Wildman–Crippen LogP) is 3.90. The molecule has 5 nitrogen and oxygen atoms in total. The van der Waals surface area contributed by atoms with E-state index in [1.807, 2.05) is 12.4 Å². The smallest absolute Gasteiger partial charge is 0.191 e. The molecular formula is C22H38IN5. The van der Waals surface area contributed by atoms with Crippen molar-refractivity contribution in [1.82, 2.24) is 20.5 Å². The zero-order valence-electron chi connectivity index (χ0n) is 17.6. The number of aromatic nitrogens is 1. The highest BCUT2D eigenvalue weighted by Crippen LogP contribution is 2.25. The van der Waals surface area contributed by atoms with Crippen molar-refractivity contribution < 1.29 is 0 Å². The largest absolute Gasteiger partial charge is 0.357 e. The topological polar surface area (TPSA) is 52.6 Å². The van der Waals surface area contributed by atoms with Crippen molar-refractivity contribution in [2.45, 2.75) is 77.3 Å². The van der Waals surface area contributed by atoms with Gasteiger partial charge in [-0.05, 0) is 63.1 Å². The molecule has 0 aromatic carbocycles. The number of nitrogens with zero attached hydrogens (tertiary/aromatic N) is 3. The number of nitrogens with one attached hydrogen (secondary N) is 2. The summed E-state index contributed by atoms with van der Waals surface area (Å²) >= 11 is 0. The Hall–Kier alpha value is -0.890. The molecule has 1 saturated heterocycles. The van der Waals surface area contributed by atoms with Gasteiger partial charge in [-0.3, -0.25) is 9.98 Å². The third kappa shape index (κ3) is 7.17. The predicted molar refractivity (Wildman–Crippen MR) is 129 cm³/mol. The summed E-state index contributed by atoms with van der Waals surface area (Å²) in [5.74, 6) is 0.973. The first-order chi connectivity index (χ1) is 13.3. The highest BCUT2D eigenvalue weighted by Gasteiger charge is 2.26. The summed E-state index contributed by atoms with van der Waals surface area (Å²) < 4.78 is 0. The van der Waals surface area contributed by atoms with Crippen LogP contribution in [0.3, 0.4) is 0 Å². The second kappa shape index (κ2) is 12.6. The van der Waals surface area contributed by atoms with Crippen LogP contribution >= 0.6 is 24.0 Å². The van der Waals surface area contributed by atoms with Crippen LogP contribution < -0.4 is 10.6 Å². The Morgan fingerprint density at radius 3 is 2.61 bits per heavy atom. The molecule has 0 amide bonds. The Bertz CT molecular complexity index is 592. The Balaban J connectivity index is 0.00000280. The maximum Gasteiger partial charge on any atom is 0.191 e. The highest BCUT2D eigenvalue weighted by molar-refractivity contribution is 14.0. The van der Waals surface area contributed by atoms with Gasteiger partial charge < -0.3 is 15.5 Å². The van der Waals surface area contributed by atoms with Crippen molar-refractivity contribution in [3.8, 4) is 0 Å². The van der Waals surface area contributed by atoms with E-state index in [9.17, 15) is 0 Å². The van der Waals surface area contributed by atoms with E-state index in [1.165, 1.54) is 69.2 Å². The van der Waals surface area contributed by atoms with Crippen LogP contribution in [0.15, 0.2) is 23.5 Å². The summed E-state index contributed by atoms with van der Waals surface area (Å²) in [7, 11) is 0. The lowest BCUT2D eigenvalue weighted by atomic mass is 9.92. The standard InChI is InChI=1S/C22H37N5.HI/c1-3-24-22(25-14-10-19-9-13-23-17-18(19)2)26-20-11-15-27(16-12-20)21-7-5-4-6-8-21;/h9,13,17,20-21H,3-8,10-12,14-16H2,1-2H3,(H2,24,25,26);1H. The van der Waals surface area contributed by atoms with Crippen LogP contribution in [0.4, 0.5) is 0 Å². The van der Waals surface area contributed by atoms with Crippen molar-refractivity contribution in [2.75, 3.05) is 26.2 Å². The molecule has 28 heavy (non-hydrogen) atoms. The minimum Gasteiger partial charge on any atom is -0.357 e. The summed E-state index contributed by atoms with van der Waals surface area (Å²) in [6.45, 7) is 8.43. The number of hydrogen-bond donors (Lipinski definition) is 2. The molecule has 3 rings (SSSR count). The monoisotopic (exact) mass is 499 g/mol. The van der Waals surface area contributed by atoms with Crippen LogP contribution in [-0.4, -0.2) is 54.1 Å². The van der Waals surface area contributed by atoms with E-state index in [4.69, 9.17) is 4.99 Å². The molecule has 2 heterocycles. The van der Waals surface area contributed by atoms with Gasteiger partial charge >= 0.3 is 0 Å². The van der Waals surface area contributed by atoms with Crippen molar-refractivity contribution in [3.05, 3.63) is 29.6 Å². The first kappa shape index (κ1) is 23.4. The summed E-state index contributed by atoms with van der Waals surface area (Å²) in [4.78, 5) is 11.7. The maximum absolute atomic E-state index is 4.81. The van der Waals surface area contributed by atoms with E-state index in [-0.39, 0.29) is 24.0 Å². The van der Waals surface area contributed by atoms with E-state index in [0.717, 1.165) is 31.5 Å². The van der Waals surface area contributed by atoms with Gasteiger partial charge in [-0.25, -0.2) is 0 Å². The van der Waals surface area contributed by atoms with Gasteiger partial charge in [0.1, 0.15) is 0 Å². The average Bonchev–Trinajstić information content (AvgIpc) is 2.71. The fourth-order valence-electron chi connectivity index (χ4n) is 4.44. The van der Waals surface area contributed by atoms with Gasteiger partial charge in [0.25, 0.3) is 0 Å². The zero-order chi connectivity index (χ0) is 18.9. The molecule has 2 aliphatic rings. The Kier molecular flexibility index (Phi) is 10.5. The van der Waals surface area contributed by atoms with Crippen molar-refractivity contribution in [2.24, 2.45) is 4.99 Å². The van der Waals surface area contributed by atoms with Crippen molar-refractivity contribution in [3.63, 3.8) is 0 Å². The van der Waals surface area contributed by atoms with Crippen LogP contribution in [0.25, 0.3) is 0 Å². The number of aliphatic imine (C=N–C) groups is 1. The van der Waals surface area contributed by atoms with Crippen molar-refractivity contribution >= 4 is 29.9 Å². The van der Waals surface area contributed by atoms with Gasteiger partial charge in [0, 0.05) is 50.7 Å². The molecule has 1 aromatic rings. The number of aryl methyl sites for hydroxylation is 1. The van der Waals surface area contributed by atoms with Crippen LogP contribution in [0.2, 0.25) is 0 Å². The molecule has 2 N–H and O–H groups in total. The van der Waals surface area contributed by atoms with Crippen molar-refractivity contribution in [1.29, 1.82) is 0 Å². The minimum absolute atomic E-state index is 0. The Labute approximate surface area is 188 Å². The van der Waals surface area contributed by atoms with Crippen LogP contribution in [0.5, 0.6) is 0 Å². The van der Waals surface area contributed by atoms with E-state index >= 15 is 0 Å². The molecule has 1 aliphatic carbocycles. The van der Waals surface area contributed by atoms with Crippen LogP contribution in [0, 0.1) is 6.92 Å². The number of hydrogen-bond acceptors (Lipinski definition) is 3. The fraction of sp³-hybridized carbons (Fsp3) is 0.727. The number of pyridine rings is 1. The maximum atomic E-state index is 4.81. The lowest BCUT2D eigenvalue weighted by molar-refractivity contribution is 0.119. The average molecular weight is 499 g/mol. The second-order valence-corrected chi connectivity index (χ2v) is 8.06. The molecule has 2 fully saturated rings. The number of likely N-dealkylation sites (tertiary alicyclic amines) is 1. The molecule has 1 saturated carbocycles. The summed E-state index contributed by atoms with van der Waals surface area (Å²) in [5.41, 5.74) is 2.59. The molecule has 0 unspecified atom stereocenters. The molecule has 6 heteroatoms. The molecule has 0 spiro atoms.